The van der Waals surface area contributed by atoms with Gasteiger partial charge in [0, 0.05) is 43.3 Å². The van der Waals surface area contributed by atoms with Gasteiger partial charge in [0.05, 0.1) is 29.8 Å². The highest BCUT2D eigenvalue weighted by molar-refractivity contribution is 8.25. The summed E-state index contributed by atoms with van der Waals surface area (Å²) >= 11 is 0. The van der Waals surface area contributed by atoms with Gasteiger partial charge in [-0.25, -0.2) is 0 Å². The number of carbonyl (C=O) groups excluding carboxylic acids is 1. The topological polar surface area (TPSA) is 130 Å². The Morgan fingerprint density at radius 2 is 1.97 bits per heavy atom. The van der Waals surface area contributed by atoms with Crippen molar-refractivity contribution in [3.63, 3.8) is 0 Å². The van der Waals surface area contributed by atoms with Gasteiger partial charge in [0.1, 0.15) is 5.76 Å². The molecule has 0 unspecified atom stereocenters. The molecule has 4 rings (SSSR count). The normalized spacial score (nSPS) is 20.7. The van der Waals surface area contributed by atoms with Gasteiger partial charge in [-0.2, -0.15) is 0 Å². The molecular formula is C27H42N4O5S. The smallest absolute Gasteiger partial charge is 0.251 e. The number of benzene rings is 1. The first-order valence-corrected chi connectivity index (χ1v) is 15.2. The zero-order chi connectivity index (χ0) is 26.3. The van der Waals surface area contributed by atoms with Crippen molar-refractivity contribution in [3.05, 3.63) is 47.9 Å². The molecule has 0 radical (unpaired) electrons. The van der Waals surface area contributed by atoms with E-state index < -0.39 is 22.9 Å². The second kappa shape index (κ2) is 13.0. The third-order valence-corrected chi connectivity index (χ3v) is 9.17. The Morgan fingerprint density at radius 1 is 1.16 bits per heavy atom. The van der Waals surface area contributed by atoms with Crippen molar-refractivity contribution in [2.75, 3.05) is 35.0 Å². The van der Waals surface area contributed by atoms with Crippen LogP contribution in [0.5, 0.6) is 0 Å². The standard InChI is InChI=1S/C27H42N4O5S/c1-2-28-22-15-20(16-23(17-22)31-12-6-7-14-37(31,34)35)27(33)30-25(18-24-11-8-13-36-24)26(32)19-29-21-9-4-3-5-10-21/h8,11,13,15-17,21,25-26,28-29,32,34-35H,2-7,9-10,12,14,18-19H2,1H3,(H,30,33)/t25-,26-/m0/s1. The van der Waals surface area contributed by atoms with E-state index in [1.807, 2.05) is 19.1 Å². The Bertz CT molecular complexity index is 997. The largest absolute Gasteiger partial charge is 0.469 e. The number of hydrogen-bond donors (Lipinski definition) is 6. The van der Waals surface area contributed by atoms with Crippen molar-refractivity contribution in [2.45, 2.75) is 76.5 Å². The molecule has 1 saturated heterocycles. The van der Waals surface area contributed by atoms with Crippen molar-refractivity contribution in [2.24, 2.45) is 0 Å². The number of aliphatic hydroxyl groups excluding tert-OH is 1. The molecule has 206 valence electrons. The van der Waals surface area contributed by atoms with E-state index >= 15 is 0 Å². The molecule has 1 aliphatic carbocycles. The second-order valence-electron chi connectivity index (χ2n) is 10.1. The summed E-state index contributed by atoms with van der Waals surface area (Å²) in [6.45, 7) is 3.53. The molecule has 2 aromatic rings. The van der Waals surface area contributed by atoms with Crippen molar-refractivity contribution in [1.82, 2.24) is 10.6 Å². The van der Waals surface area contributed by atoms with E-state index in [9.17, 15) is 19.0 Å². The first kappa shape index (κ1) is 27.8. The minimum absolute atomic E-state index is 0.325. The lowest BCUT2D eigenvalue weighted by Gasteiger charge is -2.47. The van der Waals surface area contributed by atoms with Crippen LogP contribution in [0.3, 0.4) is 0 Å². The summed E-state index contributed by atoms with van der Waals surface area (Å²) < 4.78 is 28.5. The molecule has 1 amide bonds. The quantitative estimate of drug-likeness (QED) is 0.247. The van der Waals surface area contributed by atoms with Crippen LogP contribution in [0.25, 0.3) is 0 Å². The lowest BCUT2D eigenvalue weighted by Crippen LogP contribution is -2.50. The molecule has 2 fully saturated rings. The Morgan fingerprint density at radius 3 is 2.68 bits per heavy atom. The number of carbonyl (C=O) groups is 1. The summed E-state index contributed by atoms with van der Waals surface area (Å²) in [5, 5.41) is 20.8. The number of rotatable bonds is 11. The van der Waals surface area contributed by atoms with Gasteiger partial charge < -0.3 is 25.5 Å². The summed E-state index contributed by atoms with van der Waals surface area (Å²) in [4.78, 5) is 13.5. The Hall–Kier alpha value is -2.24. The molecule has 1 saturated carbocycles. The molecule has 0 bridgehead atoms. The second-order valence-corrected chi connectivity index (χ2v) is 12.2. The maximum atomic E-state index is 13.5. The van der Waals surface area contributed by atoms with E-state index in [2.05, 4.69) is 16.0 Å². The summed E-state index contributed by atoms with van der Waals surface area (Å²) in [7, 11) is -2.93. The van der Waals surface area contributed by atoms with Crippen LogP contribution < -0.4 is 20.3 Å². The van der Waals surface area contributed by atoms with E-state index in [0.29, 0.717) is 54.9 Å². The van der Waals surface area contributed by atoms with Crippen LogP contribution in [0.4, 0.5) is 11.4 Å². The average molecular weight is 535 g/mol. The van der Waals surface area contributed by atoms with Crippen molar-refractivity contribution in [3.8, 4) is 0 Å². The molecular weight excluding hydrogens is 492 g/mol. The first-order valence-electron chi connectivity index (χ1n) is 13.5. The number of furan rings is 1. The van der Waals surface area contributed by atoms with E-state index in [1.54, 1.807) is 28.8 Å². The van der Waals surface area contributed by atoms with Gasteiger partial charge in [0.2, 0.25) is 0 Å². The molecule has 1 aromatic heterocycles. The number of amides is 1. The highest BCUT2D eigenvalue weighted by Gasteiger charge is 2.29. The number of nitrogens with one attached hydrogen (secondary N) is 3. The molecule has 0 spiro atoms. The van der Waals surface area contributed by atoms with Crippen LogP contribution in [-0.2, 0) is 6.42 Å². The van der Waals surface area contributed by atoms with Crippen LogP contribution in [0, 0.1) is 0 Å². The summed E-state index contributed by atoms with van der Waals surface area (Å²) in [6, 6.07) is 8.78. The Balaban J connectivity index is 1.52. The number of hydrogen-bond acceptors (Lipinski definition) is 8. The Labute approximate surface area is 221 Å². The maximum absolute atomic E-state index is 13.5. The lowest BCUT2D eigenvalue weighted by molar-refractivity contribution is 0.0814. The SMILES string of the molecule is CCNc1cc(C(=O)N[C@@H](Cc2ccco2)[C@@H](O)CNC2CCCCC2)cc(N2CCCCS2(O)O)c1. The van der Waals surface area contributed by atoms with Gasteiger partial charge in [0.15, 0.2) is 0 Å². The third-order valence-electron chi connectivity index (χ3n) is 7.23. The third kappa shape index (κ3) is 7.64. The highest BCUT2D eigenvalue weighted by atomic mass is 32.3. The van der Waals surface area contributed by atoms with Gasteiger partial charge in [-0.1, -0.05) is 19.3 Å². The molecule has 37 heavy (non-hydrogen) atoms. The van der Waals surface area contributed by atoms with E-state index in [4.69, 9.17) is 4.42 Å². The van der Waals surface area contributed by atoms with Crippen molar-refractivity contribution in [1.29, 1.82) is 0 Å². The van der Waals surface area contributed by atoms with Gasteiger partial charge in [-0.3, -0.25) is 18.2 Å². The molecule has 1 aromatic carbocycles. The maximum Gasteiger partial charge on any atom is 0.251 e. The van der Waals surface area contributed by atoms with Crippen LogP contribution in [0.15, 0.2) is 41.0 Å². The summed E-state index contributed by atoms with van der Waals surface area (Å²) in [5.74, 6) is 0.680. The van der Waals surface area contributed by atoms with Crippen LogP contribution in [0.2, 0.25) is 0 Å². The lowest BCUT2D eigenvalue weighted by atomic mass is 9.95. The number of aliphatic hydroxyl groups is 1. The van der Waals surface area contributed by atoms with E-state index in [0.717, 1.165) is 31.4 Å². The van der Waals surface area contributed by atoms with Crippen molar-refractivity contribution >= 4 is 28.1 Å². The summed E-state index contributed by atoms with van der Waals surface area (Å²) in [6.07, 6.45) is 8.64. The fourth-order valence-electron chi connectivity index (χ4n) is 5.21. The van der Waals surface area contributed by atoms with Crippen LogP contribution in [-0.4, -0.2) is 63.7 Å². The summed E-state index contributed by atoms with van der Waals surface area (Å²) in [5.41, 5.74) is 1.73. The predicted molar refractivity (Wildman–Crippen MR) is 149 cm³/mol. The predicted octanol–water partition coefficient (Wildman–Crippen LogP) is 4.60. The molecule has 1 aliphatic heterocycles. The van der Waals surface area contributed by atoms with E-state index in [-0.39, 0.29) is 5.91 Å². The van der Waals surface area contributed by atoms with E-state index in [1.165, 1.54) is 19.3 Å². The van der Waals surface area contributed by atoms with Gasteiger partial charge in [0.25, 0.3) is 5.91 Å². The van der Waals surface area contributed by atoms with Crippen LogP contribution >= 0.6 is 10.8 Å². The molecule has 2 aliphatic rings. The fourth-order valence-corrected chi connectivity index (χ4v) is 6.89. The fraction of sp³-hybridized carbons (Fsp3) is 0.593. The highest BCUT2D eigenvalue weighted by Crippen LogP contribution is 2.50. The van der Waals surface area contributed by atoms with Crippen LogP contribution in [0.1, 0.15) is 68.0 Å². The molecule has 10 heteroatoms. The molecule has 2 heterocycles. The van der Waals surface area contributed by atoms with Crippen molar-refractivity contribution < 1.29 is 23.4 Å². The Kier molecular flexibility index (Phi) is 9.77. The minimum Gasteiger partial charge on any atom is -0.469 e. The minimum atomic E-state index is -2.93. The molecule has 6 N–H and O–H groups in total. The number of anilines is 2. The monoisotopic (exact) mass is 534 g/mol. The average Bonchev–Trinajstić information content (AvgIpc) is 3.40. The first-order chi connectivity index (χ1) is 17.9. The molecule has 9 nitrogen and oxygen atoms in total. The van der Waals surface area contributed by atoms with Gasteiger partial charge in [-0.05, 0) is 62.9 Å². The van der Waals surface area contributed by atoms with Gasteiger partial charge in [-0.15, -0.1) is 10.8 Å². The zero-order valence-corrected chi connectivity index (χ0v) is 22.5. The van der Waals surface area contributed by atoms with Gasteiger partial charge >= 0.3 is 0 Å². The zero-order valence-electron chi connectivity index (χ0n) is 21.7. The number of nitrogens with zero attached hydrogens (tertiary/aromatic N) is 1. The molecule has 2 atom stereocenters.